The Hall–Kier alpha value is -1.59. The lowest BCUT2D eigenvalue weighted by molar-refractivity contribution is -0.167. The number of hydrogen-bond acceptors (Lipinski definition) is 6. The summed E-state index contributed by atoms with van der Waals surface area (Å²) < 4.78 is 16.8. The summed E-state index contributed by atoms with van der Waals surface area (Å²) in [6, 6.07) is 0. The second kappa shape index (κ2) is 48.4. The SMILES string of the molecule is CCCCCCCCCCCCCCCCCCCCCC(=O)OC[C@H](COC(=O)CCCCCCCCCCCCCCCC(C)C)OC(=O)CCCCCCCCC. The minimum absolute atomic E-state index is 0.0632. The fourth-order valence-corrected chi connectivity index (χ4v) is 8.22. The van der Waals surface area contributed by atoms with Gasteiger partial charge in [-0.15, -0.1) is 0 Å². The van der Waals surface area contributed by atoms with E-state index in [0.717, 1.165) is 63.7 Å². The molecule has 0 heterocycles. The second-order valence-electron chi connectivity index (χ2n) is 19.0. The molecule has 0 spiro atoms. The molecule has 0 aromatic carbocycles. The number of hydrogen-bond donors (Lipinski definition) is 0. The highest BCUT2D eigenvalue weighted by Crippen LogP contribution is 2.17. The summed E-state index contributed by atoms with van der Waals surface area (Å²) in [5, 5.41) is 0. The van der Waals surface area contributed by atoms with Crippen LogP contribution in [0.5, 0.6) is 0 Å². The number of rotatable bonds is 49. The van der Waals surface area contributed by atoms with Gasteiger partial charge in [0.15, 0.2) is 6.10 Å². The molecule has 356 valence electrons. The van der Waals surface area contributed by atoms with Crippen LogP contribution in [0.1, 0.15) is 304 Å². The molecule has 0 fully saturated rings. The Kier molecular flexibility index (Phi) is 47.2. The van der Waals surface area contributed by atoms with Crippen molar-refractivity contribution in [3.8, 4) is 0 Å². The van der Waals surface area contributed by atoms with E-state index in [-0.39, 0.29) is 31.1 Å². The number of esters is 3. The van der Waals surface area contributed by atoms with E-state index in [0.29, 0.717) is 19.3 Å². The van der Waals surface area contributed by atoms with Crippen LogP contribution in [0.2, 0.25) is 0 Å². The Morgan fingerprint density at radius 2 is 0.550 bits per heavy atom. The average molecular weight is 849 g/mol. The lowest BCUT2D eigenvalue weighted by Crippen LogP contribution is -2.30. The Balaban J connectivity index is 4.12. The third-order valence-corrected chi connectivity index (χ3v) is 12.3. The van der Waals surface area contributed by atoms with Crippen molar-refractivity contribution in [2.45, 2.75) is 310 Å². The van der Waals surface area contributed by atoms with Crippen LogP contribution in [0.15, 0.2) is 0 Å². The van der Waals surface area contributed by atoms with E-state index in [2.05, 4.69) is 27.7 Å². The van der Waals surface area contributed by atoms with Crippen molar-refractivity contribution in [2.24, 2.45) is 5.92 Å². The fraction of sp³-hybridized carbons (Fsp3) is 0.944. The zero-order chi connectivity index (χ0) is 43.8. The van der Waals surface area contributed by atoms with Gasteiger partial charge in [-0.1, -0.05) is 265 Å². The van der Waals surface area contributed by atoms with Crippen molar-refractivity contribution in [2.75, 3.05) is 13.2 Å². The average Bonchev–Trinajstić information content (AvgIpc) is 3.23. The molecule has 0 saturated heterocycles. The Bertz CT molecular complexity index is 903. The lowest BCUT2D eigenvalue weighted by Gasteiger charge is -2.18. The van der Waals surface area contributed by atoms with Crippen LogP contribution in [-0.2, 0) is 28.6 Å². The molecule has 0 bridgehead atoms. The van der Waals surface area contributed by atoms with E-state index in [1.54, 1.807) is 0 Å². The van der Waals surface area contributed by atoms with Crippen molar-refractivity contribution in [1.29, 1.82) is 0 Å². The number of carbonyl (C=O) groups excluding carboxylic acids is 3. The third-order valence-electron chi connectivity index (χ3n) is 12.3. The van der Waals surface area contributed by atoms with Gasteiger partial charge in [0.25, 0.3) is 0 Å². The van der Waals surface area contributed by atoms with Gasteiger partial charge in [0, 0.05) is 19.3 Å². The van der Waals surface area contributed by atoms with Gasteiger partial charge in [0.1, 0.15) is 13.2 Å². The quantitative estimate of drug-likeness (QED) is 0.0345. The first-order chi connectivity index (χ1) is 29.4. The zero-order valence-corrected chi connectivity index (χ0v) is 40.9. The first-order valence-electron chi connectivity index (χ1n) is 26.9. The number of ether oxygens (including phenoxy) is 3. The van der Waals surface area contributed by atoms with E-state index in [1.807, 2.05) is 0 Å². The Morgan fingerprint density at radius 1 is 0.317 bits per heavy atom. The van der Waals surface area contributed by atoms with E-state index >= 15 is 0 Å². The Labute approximate surface area is 374 Å². The predicted octanol–water partition coefficient (Wildman–Crippen LogP) is 17.5. The van der Waals surface area contributed by atoms with Crippen molar-refractivity contribution in [1.82, 2.24) is 0 Å². The summed E-state index contributed by atoms with van der Waals surface area (Å²) >= 11 is 0. The molecule has 6 heteroatoms. The normalized spacial score (nSPS) is 11.9. The molecule has 0 amide bonds. The van der Waals surface area contributed by atoms with Gasteiger partial charge in [-0.2, -0.15) is 0 Å². The van der Waals surface area contributed by atoms with Gasteiger partial charge in [-0.3, -0.25) is 14.4 Å². The topological polar surface area (TPSA) is 78.9 Å². The molecule has 0 rings (SSSR count). The van der Waals surface area contributed by atoms with Crippen molar-refractivity contribution in [3.05, 3.63) is 0 Å². The highest BCUT2D eigenvalue weighted by atomic mass is 16.6. The van der Waals surface area contributed by atoms with Crippen LogP contribution >= 0.6 is 0 Å². The molecule has 6 nitrogen and oxygen atoms in total. The summed E-state index contributed by atoms with van der Waals surface area (Å²) in [5.74, 6) is -0.00990. The van der Waals surface area contributed by atoms with E-state index < -0.39 is 6.10 Å². The summed E-state index contributed by atoms with van der Waals surface area (Å²) in [4.78, 5) is 37.8. The molecular formula is C54H104O6. The van der Waals surface area contributed by atoms with E-state index in [1.165, 1.54) is 199 Å². The van der Waals surface area contributed by atoms with Crippen molar-refractivity contribution in [3.63, 3.8) is 0 Å². The van der Waals surface area contributed by atoms with Gasteiger partial charge in [-0.05, 0) is 25.2 Å². The monoisotopic (exact) mass is 849 g/mol. The van der Waals surface area contributed by atoms with Gasteiger partial charge in [0.2, 0.25) is 0 Å². The van der Waals surface area contributed by atoms with E-state index in [4.69, 9.17) is 14.2 Å². The molecule has 0 aliphatic carbocycles. The molecule has 0 aliphatic rings. The van der Waals surface area contributed by atoms with Crippen LogP contribution in [-0.4, -0.2) is 37.2 Å². The molecule has 0 aromatic rings. The minimum atomic E-state index is -0.759. The van der Waals surface area contributed by atoms with Crippen LogP contribution in [0.25, 0.3) is 0 Å². The minimum Gasteiger partial charge on any atom is -0.462 e. The first-order valence-corrected chi connectivity index (χ1v) is 26.9. The maximum Gasteiger partial charge on any atom is 0.306 e. The summed E-state index contributed by atoms with van der Waals surface area (Å²) in [6.07, 6.45) is 51.1. The molecule has 0 saturated carbocycles. The van der Waals surface area contributed by atoms with Gasteiger partial charge in [0.05, 0.1) is 0 Å². The molecular weight excluding hydrogens is 745 g/mol. The maximum atomic E-state index is 12.7. The highest BCUT2D eigenvalue weighted by Gasteiger charge is 2.19. The molecule has 60 heavy (non-hydrogen) atoms. The standard InChI is InChI=1S/C54H104O6/c1-5-7-9-11-13-14-15-16-17-18-19-20-21-24-27-30-34-37-41-45-52(55)58-48-51(60-54(57)47-43-39-32-12-10-8-6-2)49-59-53(56)46-42-38-35-31-28-25-22-23-26-29-33-36-40-44-50(3)4/h50-51H,5-49H2,1-4H3/t51-/m1/s1. The molecule has 0 radical (unpaired) electrons. The fourth-order valence-electron chi connectivity index (χ4n) is 8.22. The summed E-state index contributed by atoms with van der Waals surface area (Å²) in [6.45, 7) is 9.00. The van der Waals surface area contributed by atoms with Crippen LogP contribution in [0.4, 0.5) is 0 Å². The Morgan fingerprint density at radius 3 is 0.817 bits per heavy atom. The largest absolute Gasteiger partial charge is 0.462 e. The summed E-state index contributed by atoms with van der Waals surface area (Å²) in [7, 11) is 0. The van der Waals surface area contributed by atoms with Crippen LogP contribution in [0, 0.1) is 5.92 Å². The van der Waals surface area contributed by atoms with Crippen LogP contribution < -0.4 is 0 Å². The van der Waals surface area contributed by atoms with Gasteiger partial charge in [-0.25, -0.2) is 0 Å². The highest BCUT2D eigenvalue weighted by molar-refractivity contribution is 5.71. The van der Waals surface area contributed by atoms with Gasteiger partial charge >= 0.3 is 17.9 Å². The van der Waals surface area contributed by atoms with Gasteiger partial charge < -0.3 is 14.2 Å². The first kappa shape index (κ1) is 58.4. The number of unbranched alkanes of at least 4 members (excludes halogenated alkanes) is 36. The van der Waals surface area contributed by atoms with Crippen LogP contribution in [0.3, 0.4) is 0 Å². The summed E-state index contributed by atoms with van der Waals surface area (Å²) in [5.41, 5.74) is 0. The zero-order valence-electron chi connectivity index (χ0n) is 40.9. The van der Waals surface area contributed by atoms with Crippen molar-refractivity contribution >= 4 is 17.9 Å². The maximum absolute atomic E-state index is 12.7. The lowest BCUT2D eigenvalue weighted by atomic mass is 10.0. The third kappa shape index (κ3) is 47.5. The number of carbonyl (C=O) groups is 3. The molecule has 0 aromatic heterocycles. The predicted molar refractivity (Wildman–Crippen MR) is 257 cm³/mol. The molecule has 0 aliphatic heterocycles. The van der Waals surface area contributed by atoms with Crippen molar-refractivity contribution < 1.29 is 28.6 Å². The smallest absolute Gasteiger partial charge is 0.306 e. The second-order valence-corrected chi connectivity index (χ2v) is 19.0. The van der Waals surface area contributed by atoms with E-state index in [9.17, 15) is 14.4 Å². The molecule has 0 unspecified atom stereocenters. The molecule has 0 N–H and O–H groups in total. The molecule has 1 atom stereocenters.